The molecule has 4 heteroatoms. The lowest BCUT2D eigenvalue weighted by atomic mass is 9.98. The van der Waals surface area contributed by atoms with Gasteiger partial charge in [0.25, 0.3) is 5.91 Å². The van der Waals surface area contributed by atoms with Gasteiger partial charge in [0, 0.05) is 0 Å². The molecule has 4 nitrogen and oxygen atoms in total. The molecule has 0 aliphatic carbocycles. The van der Waals surface area contributed by atoms with E-state index in [1.807, 2.05) is 0 Å². The third kappa shape index (κ3) is 3.38. The number of amides is 1. The molecule has 1 N–H and O–H groups in total. The number of hydrogen-bond acceptors (Lipinski definition) is 3. The zero-order chi connectivity index (χ0) is 16.3. The van der Waals surface area contributed by atoms with E-state index in [1.54, 1.807) is 13.8 Å². The Labute approximate surface area is 131 Å². The Hall–Kier alpha value is -2.10. The van der Waals surface area contributed by atoms with Gasteiger partial charge in [-0.15, -0.1) is 0 Å². The van der Waals surface area contributed by atoms with Gasteiger partial charge in [-0.1, -0.05) is 50.2 Å². The topological polar surface area (TPSA) is 55.1 Å². The number of carbonyl (C=O) groups is 1. The molecule has 1 unspecified atom stereocenters. The number of nitrogens with one attached hydrogen (secondary N) is 1. The maximum Gasteiger partial charge on any atom is 0.257 e. The fourth-order valence-electron chi connectivity index (χ4n) is 2.57. The van der Waals surface area contributed by atoms with E-state index in [4.69, 9.17) is 4.52 Å². The molecule has 1 heterocycles. The van der Waals surface area contributed by atoms with Gasteiger partial charge in [-0.25, -0.2) is 0 Å². The smallest absolute Gasteiger partial charge is 0.257 e. The van der Waals surface area contributed by atoms with Crippen molar-refractivity contribution in [3.63, 3.8) is 0 Å². The quantitative estimate of drug-likeness (QED) is 0.896. The second-order valence-corrected chi connectivity index (χ2v) is 5.95. The number of rotatable bonds is 5. The summed E-state index contributed by atoms with van der Waals surface area (Å²) < 4.78 is 5.07. The number of aromatic nitrogens is 1. The van der Waals surface area contributed by atoms with E-state index in [1.165, 1.54) is 5.56 Å². The van der Waals surface area contributed by atoms with Crippen molar-refractivity contribution in [2.75, 3.05) is 0 Å². The van der Waals surface area contributed by atoms with E-state index in [0.29, 0.717) is 22.9 Å². The molecule has 1 aromatic carbocycles. The molecule has 0 aliphatic heterocycles. The van der Waals surface area contributed by atoms with Crippen molar-refractivity contribution in [2.24, 2.45) is 0 Å². The number of carbonyl (C=O) groups excluding carboxylic acids is 1. The average Bonchev–Trinajstić information content (AvgIpc) is 2.84. The summed E-state index contributed by atoms with van der Waals surface area (Å²) in [6.07, 6.45) is 0.830. The van der Waals surface area contributed by atoms with E-state index >= 15 is 0 Å². The highest BCUT2D eigenvalue weighted by Gasteiger charge is 2.20. The second-order valence-electron chi connectivity index (χ2n) is 5.95. The van der Waals surface area contributed by atoms with Crippen LogP contribution in [0.1, 0.15) is 72.1 Å². The standard InChI is InChI=1S/C18H24N2O2/c1-6-16(15-9-7-14(8-10-15)11(2)3)19-18(21)17-12(4)20-22-13(17)5/h7-11,16H,6H2,1-5H3,(H,19,21). The van der Waals surface area contributed by atoms with Crippen molar-refractivity contribution in [3.05, 3.63) is 52.4 Å². The SMILES string of the molecule is CCC(NC(=O)c1c(C)noc1C)c1ccc(C(C)C)cc1. The molecule has 0 aliphatic rings. The minimum Gasteiger partial charge on any atom is -0.361 e. The lowest BCUT2D eigenvalue weighted by Gasteiger charge is -2.18. The molecule has 0 saturated carbocycles. The third-order valence-corrected chi connectivity index (χ3v) is 3.98. The third-order valence-electron chi connectivity index (χ3n) is 3.98. The lowest BCUT2D eigenvalue weighted by Crippen LogP contribution is -2.28. The summed E-state index contributed by atoms with van der Waals surface area (Å²) in [6, 6.07) is 8.44. The second kappa shape index (κ2) is 6.77. The Balaban J connectivity index is 2.17. The largest absolute Gasteiger partial charge is 0.361 e. The van der Waals surface area contributed by atoms with Crippen LogP contribution < -0.4 is 5.32 Å². The summed E-state index contributed by atoms with van der Waals surface area (Å²) in [5.74, 6) is 0.932. The minimum absolute atomic E-state index is 0.0117. The van der Waals surface area contributed by atoms with Crippen molar-refractivity contribution in [1.82, 2.24) is 10.5 Å². The molecule has 0 saturated heterocycles. The van der Waals surface area contributed by atoms with Crippen LogP contribution in [0, 0.1) is 13.8 Å². The van der Waals surface area contributed by atoms with Gasteiger partial charge in [0.2, 0.25) is 0 Å². The van der Waals surface area contributed by atoms with Gasteiger partial charge in [-0.05, 0) is 37.3 Å². The highest BCUT2D eigenvalue weighted by Crippen LogP contribution is 2.22. The van der Waals surface area contributed by atoms with Crippen LogP contribution in [0.5, 0.6) is 0 Å². The van der Waals surface area contributed by atoms with Gasteiger partial charge in [-0.3, -0.25) is 4.79 Å². The monoisotopic (exact) mass is 300 g/mol. The summed E-state index contributed by atoms with van der Waals surface area (Å²) in [5, 5.41) is 6.92. The number of nitrogens with zero attached hydrogens (tertiary/aromatic N) is 1. The van der Waals surface area contributed by atoms with Crippen LogP contribution in [0.4, 0.5) is 0 Å². The molecule has 0 bridgehead atoms. The number of hydrogen-bond donors (Lipinski definition) is 1. The highest BCUT2D eigenvalue weighted by atomic mass is 16.5. The van der Waals surface area contributed by atoms with Crippen LogP contribution in [-0.2, 0) is 0 Å². The zero-order valence-corrected chi connectivity index (χ0v) is 13.9. The van der Waals surface area contributed by atoms with Crippen LogP contribution in [0.3, 0.4) is 0 Å². The Bertz CT molecular complexity index is 622. The Morgan fingerprint density at radius 1 is 1.18 bits per heavy atom. The molecule has 1 atom stereocenters. The summed E-state index contributed by atoms with van der Waals surface area (Å²) >= 11 is 0. The van der Waals surface area contributed by atoms with Gasteiger partial charge in [-0.2, -0.15) is 0 Å². The molecule has 1 amide bonds. The molecule has 2 aromatic rings. The first-order valence-electron chi connectivity index (χ1n) is 7.77. The average molecular weight is 300 g/mol. The van der Waals surface area contributed by atoms with E-state index in [-0.39, 0.29) is 11.9 Å². The van der Waals surface area contributed by atoms with Crippen LogP contribution in [-0.4, -0.2) is 11.1 Å². The number of benzene rings is 1. The minimum atomic E-state index is -0.129. The normalized spacial score (nSPS) is 12.5. The summed E-state index contributed by atoms with van der Waals surface area (Å²) in [6.45, 7) is 9.95. The fraction of sp³-hybridized carbons (Fsp3) is 0.444. The van der Waals surface area contributed by atoms with Crippen molar-refractivity contribution in [3.8, 4) is 0 Å². The Morgan fingerprint density at radius 2 is 1.77 bits per heavy atom. The lowest BCUT2D eigenvalue weighted by molar-refractivity contribution is 0.0933. The first kappa shape index (κ1) is 16.3. The van der Waals surface area contributed by atoms with E-state index < -0.39 is 0 Å². The highest BCUT2D eigenvalue weighted by molar-refractivity contribution is 5.96. The van der Waals surface area contributed by atoms with Crippen LogP contribution >= 0.6 is 0 Å². The molecule has 0 radical (unpaired) electrons. The molecular weight excluding hydrogens is 276 g/mol. The predicted octanol–water partition coefficient (Wildman–Crippen LogP) is 4.30. The maximum absolute atomic E-state index is 12.5. The zero-order valence-electron chi connectivity index (χ0n) is 13.9. The first-order valence-corrected chi connectivity index (χ1v) is 7.77. The van der Waals surface area contributed by atoms with Gasteiger partial charge in [0.1, 0.15) is 11.3 Å². The summed E-state index contributed by atoms with van der Waals surface area (Å²) in [7, 11) is 0. The van der Waals surface area contributed by atoms with Crippen LogP contribution in [0.15, 0.2) is 28.8 Å². The molecule has 0 spiro atoms. The summed E-state index contributed by atoms with van der Waals surface area (Å²) in [5.41, 5.74) is 3.58. The molecule has 118 valence electrons. The van der Waals surface area contributed by atoms with Gasteiger partial charge in [0.05, 0.1) is 11.7 Å². The number of aryl methyl sites for hydroxylation is 2. The van der Waals surface area contributed by atoms with E-state index in [0.717, 1.165) is 12.0 Å². The van der Waals surface area contributed by atoms with Crippen LogP contribution in [0.25, 0.3) is 0 Å². The van der Waals surface area contributed by atoms with Crippen LogP contribution in [0.2, 0.25) is 0 Å². The summed E-state index contributed by atoms with van der Waals surface area (Å²) in [4.78, 5) is 12.5. The van der Waals surface area contributed by atoms with E-state index in [9.17, 15) is 4.79 Å². The first-order chi connectivity index (χ1) is 10.4. The van der Waals surface area contributed by atoms with Gasteiger partial charge in [0.15, 0.2) is 0 Å². The fourth-order valence-corrected chi connectivity index (χ4v) is 2.57. The molecule has 1 aromatic heterocycles. The maximum atomic E-state index is 12.5. The molecule has 22 heavy (non-hydrogen) atoms. The molecule has 2 rings (SSSR count). The van der Waals surface area contributed by atoms with Gasteiger partial charge < -0.3 is 9.84 Å². The van der Waals surface area contributed by atoms with E-state index in [2.05, 4.69) is 55.5 Å². The van der Waals surface area contributed by atoms with Crippen molar-refractivity contribution < 1.29 is 9.32 Å². The van der Waals surface area contributed by atoms with Crippen molar-refractivity contribution in [1.29, 1.82) is 0 Å². The Morgan fingerprint density at radius 3 is 2.23 bits per heavy atom. The molecule has 0 fully saturated rings. The van der Waals surface area contributed by atoms with Gasteiger partial charge >= 0.3 is 0 Å². The predicted molar refractivity (Wildman–Crippen MR) is 87.0 cm³/mol. The Kier molecular flexibility index (Phi) is 5.01. The molecular formula is C18H24N2O2. The van der Waals surface area contributed by atoms with Crippen molar-refractivity contribution >= 4 is 5.91 Å². The van der Waals surface area contributed by atoms with Crippen molar-refractivity contribution in [2.45, 2.75) is 53.0 Å².